The number of halogens is 1. The Morgan fingerprint density at radius 2 is 2.21 bits per heavy atom. The fourth-order valence-corrected chi connectivity index (χ4v) is 4.24. The first-order chi connectivity index (χ1) is 16.1. The van der Waals surface area contributed by atoms with Gasteiger partial charge in [-0.05, 0) is 31.9 Å². The van der Waals surface area contributed by atoms with Crippen LogP contribution in [0.4, 0.5) is 16.0 Å². The summed E-state index contributed by atoms with van der Waals surface area (Å²) in [7, 11) is 1.54. The average molecular weight is 452 g/mol. The Balaban J connectivity index is 1.49. The number of rotatable bonds is 7. The Morgan fingerprint density at radius 1 is 1.33 bits per heavy atom. The van der Waals surface area contributed by atoms with Crippen molar-refractivity contribution in [2.45, 2.75) is 31.8 Å². The van der Waals surface area contributed by atoms with Gasteiger partial charge in [0.15, 0.2) is 5.65 Å². The normalized spacial score (nSPS) is 17.0. The number of nitrogens with one attached hydrogen (secondary N) is 2. The van der Waals surface area contributed by atoms with Crippen molar-refractivity contribution in [3.8, 4) is 17.3 Å². The fraction of sp³-hybridized carbons (Fsp3) is 0.364. The third-order valence-corrected chi connectivity index (χ3v) is 5.81. The number of hydrogen-bond acceptors (Lipinski definition) is 8. The maximum absolute atomic E-state index is 14.0. The molecule has 0 radical (unpaired) electrons. The highest BCUT2D eigenvalue weighted by Crippen LogP contribution is 2.39. The molecule has 5 heterocycles. The lowest BCUT2D eigenvalue weighted by molar-refractivity contribution is 0.281. The van der Waals surface area contributed by atoms with E-state index in [4.69, 9.17) is 9.72 Å². The number of aromatic nitrogens is 6. The standard InChI is InChI=1S/C22H25FN8O2/c1-13(12-32)27-18-11-24-20(28-18)16-10-26-31-7-5-19(29-21(16)31)30-6-3-4-17(30)15-8-14(23)9-25-22(15)33-2/h5,7-11,13,17,27,32H,3-4,6,12H2,1-2H3,(H,24,28)/t13?,17-/m1/s1. The predicted octanol–water partition coefficient (Wildman–Crippen LogP) is 2.80. The van der Waals surface area contributed by atoms with E-state index in [1.165, 1.54) is 6.07 Å². The molecule has 0 saturated carbocycles. The van der Waals surface area contributed by atoms with E-state index < -0.39 is 5.82 Å². The van der Waals surface area contributed by atoms with E-state index >= 15 is 0 Å². The van der Waals surface area contributed by atoms with Crippen LogP contribution in [0.25, 0.3) is 17.0 Å². The number of anilines is 2. The number of nitrogens with zero attached hydrogens (tertiary/aromatic N) is 6. The van der Waals surface area contributed by atoms with Crippen LogP contribution in [0, 0.1) is 5.82 Å². The molecular weight excluding hydrogens is 427 g/mol. The second-order valence-corrected chi connectivity index (χ2v) is 8.09. The van der Waals surface area contributed by atoms with Gasteiger partial charge in [-0.2, -0.15) is 5.10 Å². The van der Waals surface area contributed by atoms with Crippen LogP contribution >= 0.6 is 0 Å². The van der Waals surface area contributed by atoms with Gasteiger partial charge in [0.25, 0.3) is 0 Å². The molecule has 1 unspecified atom stereocenters. The molecule has 0 amide bonds. The molecule has 4 aromatic rings. The number of ether oxygens (including phenoxy) is 1. The summed E-state index contributed by atoms with van der Waals surface area (Å²) in [6, 6.07) is 3.19. The molecule has 0 spiro atoms. The lowest BCUT2D eigenvalue weighted by Crippen LogP contribution is -2.24. The summed E-state index contributed by atoms with van der Waals surface area (Å²) in [5.74, 6) is 2.12. The van der Waals surface area contributed by atoms with Gasteiger partial charge in [-0.1, -0.05) is 0 Å². The van der Waals surface area contributed by atoms with Crippen LogP contribution in [0.5, 0.6) is 5.88 Å². The third-order valence-electron chi connectivity index (χ3n) is 5.81. The molecule has 1 fully saturated rings. The first kappa shape index (κ1) is 21.1. The topological polar surface area (TPSA) is 116 Å². The maximum Gasteiger partial charge on any atom is 0.218 e. The van der Waals surface area contributed by atoms with Crippen LogP contribution in [0.3, 0.4) is 0 Å². The fourth-order valence-electron chi connectivity index (χ4n) is 4.24. The van der Waals surface area contributed by atoms with Gasteiger partial charge >= 0.3 is 0 Å². The smallest absolute Gasteiger partial charge is 0.218 e. The van der Waals surface area contributed by atoms with Crippen LogP contribution in [-0.2, 0) is 0 Å². The molecule has 172 valence electrons. The number of pyridine rings is 1. The molecule has 0 aliphatic carbocycles. The molecular formula is C22H25FN8O2. The number of imidazole rings is 1. The highest BCUT2D eigenvalue weighted by atomic mass is 19.1. The van der Waals surface area contributed by atoms with E-state index in [0.29, 0.717) is 28.7 Å². The first-order valence-corrected chi connectivity index (χ1v) is 10.8. The quantitative estimate of drug-likeness (QED) is 0.392. The SMILES string of the molecule is COc1ncc(F)cc1[C@H]1CCCN1c1ccn2ncc(-c3ncc(NC(C)CO)[nH]3)c2n1. The number of H-pyrrole nitrogens is 1. The third kappa shape index (κ3) is 3.95. The van der Waals surface area contributed by atoms with Gasteiger partial charge in [0.2, 0.25) is 5.88 Å². The summed E-state index contributed by atoms with van der Waals surface area (Å²) in [5, 5.41) is 16.8. The monoisotopic (exact) mass is 452 g/mol. The van der Waals surface area contributed by atoms with E-state index in [-0.39, 0.29) is 18.7 Å². The summed E-state index contributed by atoms with van der Waals surface area (Å²) in [6.45, 7) is 2.67. The summed E-state index contributed by atoms with van der Waals surface area (Å²) >= 11 is 0. The second kappa shape index (κ2) is 8.66. The largest absolute Gasteiger partial charge is 0.481 e. The zero-order chi connectivity index (χ0) is 22.9. The van der Waals surface area contributed by atoms with E-state index in [0.717, 1.165) is 37.0 Å². The molecule has 1 aliphatic rings. The van der Waals surface area contributed by atoms with Gasteiger partial charge in [-0.3, -0.25) is 0 Å². The molecule has 5 rings (SSSR count). The highest BCUT2D eigenvalue weighted by molar-refractivity contribution is 5.74. The zero-order valence-electron chi connectivity index (χ0n) is 18.4. The van der Waals surface area contributed by atoms with Crippen molar-refractivity contribution in [2.24, 2.45) is 0 Å². The van der Waals surface area contributed by atoms with E-state index in [1.807, 2.05) is 19.2 Å². The van der Waals surface area contributed by atoms with Crippen molar-refractivity contribution in [2.75, 3.05) is 30.5 Å². The van der Waals surface area contributed by atoms with E-state index in [1.54, 1.807) is 24.0 Å². The van der Waals surface area contributed by atoms with Crippen LogP contribution in [0.1, 0.15) is 31.4 Å². The molecule has 33 heavy (non-hydrogen) atoms. The molecule has 4 aromatic heterocycles. The first-order valence-electron chi connectivity index (χ1n) is 10.8. The molecule has 2 atom stereocenters. The maximum atomic E-state index is 14.0. The van der Waals surface area contributed by atoms with Gasteiger partial charge < -0.3 is 25.0 Å². The van der Waals surface area contributed by atoms with Crippen molar-refractivity contribution < 1.29 is 14.2 Å². The lowest BCUT2D eigenvalue weighted by Gasteiger charge is -2.26. The Kier molecular flexibility index (Phi) is 5.55. The average Bonchev–Trinajstić information content (AvgIpc) is 3.57. The minimum atomic E-state index is -0.392. The summed E-state index contributed by atoms with van der Waals surface area (Å²) in [6.07, 6.45) is 8.20. The van der Waals surface area contributed by atoms with Crippen LogP contribution in [-0.4, -0.2) is 61.0 Å². The van der Waals surface area contributed by atoms with Crippen LogP contribution in [0.2, 0.25) is 0 Å². The Bertz CT molecular complexity index is 1270. The van der Waals surface area contributed by atoms with Crippen molar-refractivity contribution in [1.29, 1.82) is 0 Å². The summed E-state index contributed by atoms with van der Waals surface area (Å²) < 4.78 is 21.1. The van der Waals surface area contributed by atoms with Gasteiger partial charge in [-0.25, -0.2) is 23.9 Å². The number of aliphatic hydroxyl groups is 1. The molecule has 3 N–H and O–H groups in total. The minimum Gasteiger partial charge on any atom is -0.481 e. The van der Waals surface area contributed by atoms with Crippen LogP contribution in [0.15, 0.2) is 36.9 Å². The Hall–Kier alpha value is -3.73. The molecule has 11 heteroatoms. The zero-order valence-corrected chi connectivity index (χ0v) is 18.4. The van der Waals surface area contributed by atoms with Gasteiger partial charge in [0, 0.05) is 24.3 Å². The van der Waals surface area contributed by atoms with Crippen molar-refractivity contribution in [3.63, 3.8) is 0 Å². The molecule has 10 nitrogen and oxygen atoms in total. The van der Waals surface area contributed by atoms with Gasteiger partial charge in [0.05, 0.1) is 43.9 Å². The van der Waals surface area contributed by atoms with Crippen molar-refractivity contribution >= 4 is 17.3 Å². The Morgan fingerprint density at radius 3 is 3.03 bits per heavy atom. The highest BCUT2D eigenvalue weighted by Gasteiger charge is 2.31. The van der Waals surface area contributed by atoms with Gasteiger partial charge in [-0.15, -0.1) is 0 Å². The Labute approximate surface area is 189 Å². The molecule has 0 aromatic carbocycles. The number of aliphatic hydroxyl groups excluding tert-OH is 1. The summed E-state index contributed by atoms with van der Waals surface area (Å²) in [5.41, 5.74) is 2.12. The number of aromatic amines is 1. The number of hydrogen-bond donors (Lipinski definition) is 3. The predicted molar refractivity (Wildman–Crippen MR) is 121 cm³/mol. The number of methoxy groups -OCH3 is 1. The molecule has 1 saturated heterocycles. The van der Waals surface area contributed by atoms with Crippen molar-refractivity contribution in [3.05, 3.63) is 48.3 Å². The number of fused-ring (bicyclic) bond motifs is 1. The molecule has 0 bridgehead atoms. The van der Waals surface area contributed by atoms with Crippen molar-refractivity contribution in [1.82, 2.24) is 29.5 Å². The lowest BCUT2D eigenvalue weighted by atomic mass is 10.1. The second-order valence-electron chi connectivity index (χ2n) is 8.09. The van der Waals surface area contributed by atoms with E-state index in [9.17, 15) is 9.50 Å². The van der Waals surface area contributed by atoms with Gasteiger partial charge in [0.1, 0.15) is 23.3 Å². The summed E-state index contributed by atoms with van der Waals surface area (Å²) in [4.78, 5) is 18.8. The van der Waals surface area contributed by atoms with E-state index in [2.05, 4.69) is 30.3 Å². The van der Waals surface area contributed by atoms with Crippen LogP contribution < -0.4 is 15.0 Å². The molecule has 1 aliphatic heterocycles. The minimum absolute atomic E-state index is 0.0125.